The number of aryl methyl sites for hydroxylation is 2. The number of anilines is 1. The van der Waals surface area contributed by atoms with Crippen LogP contribution < -0.4 is 10.9 Å². The first-order valence-electron chi connectivity index (χ1n) is 10.1. The molecule has 1 unspecified atom stereocenters. The Morgan fingerprint density at radius 2 is 1.83 bits per heavy atom. The van der Waals surface area contributed by atoms with Crippen LogP contribution >= 0.6 is 0 Å². The molecule has 0 bridgehead atoms. The normalized spacial score (nSPS) is 16.5. The van der Waals surface area contributed by atoms with Crippen molar-refractivity contribution in [2.24, 2.45) is 5.92 Å². The Morgan fingerprint density at radius 3 is 2.60 bits per heavy atom. The van der Waals surface area contributed by atoms with Crippen molar-refractivity contribution in [2.45, 2.75) is 26.7 Å². The molecule has 0 spiro atoms. The van der Waals surface area contributed by atoms with E-state index in [9.17, 15) is 14.4 Å². The predicted octanol–water partition coefficient (Wildman–Crippen LogP) is 3.90. The fraction of sp³-hybridized carbons (Fsp3) is 0.292. The molecule has 0 radical (unpaired) electrons. The second-order valence-electron chi connectivity index (χ2n) is 7.90. The Hall–Kier alpha value is -3.41. The predicted molar refractivity (Wildman–Crippen MR) is 116 cm³/mol. The SMILES string of the molecule is Cc1ccc(C(=O)N2CCCC(C(=O)Nc3ccc4c(C)cc(=O)oc4c3)C2)cc1. The molecule has 2 aromatic carbocycles. The molecule has 0 aliphatic carbocycles. The van der Waals surface area contributed by atoms with E-state index in [4.69, 9.17) is 4.42 Å². The van der Waals surface area contributed by atoms with Crippen molar-refractivity contribution in [3.05, 3.63) is 75.6 Å². The van der Waals surface area contributed by atoms with Gasteiger partial charge >= 0.3 is 5.63 Å². The van der Waals surface area contributed by atoms with Gasteiger partial charge in [-0.3, -0.25) is 9.59 Å². The van der Waals surface area contributed by atoms with Crippen LogP contribution in [0.4, 0.5) is 5.69 Å². The minimum absolute atomic E-state index is 0.0459. The van der Waals surface area contributed by atoms with Crippen molar-refractivity contribution in [1.82, 2.24) is 4.90 Å². The van der Waals surface area contributed by atoms with E-state index < -0.39 is 5.63 Å². The average molecular weight is 404 g/mol. The third-order valence-corrected chi connectivity index (χ3v) is 5.60. The summed E-state index contributed by atoms with van der Waals surface area (Å²) in [6.07, 6.45) is 1.51. The topological polar surface area (TPSA) is 79.6 Å². The van der Waals surface area contributed by atoms with E-state index in [2.05, 4.69) is 5.32 Å². The summed E-state index contributed by atoms with van der Waals surface area (Å²) >= 11 is 0. The van der Waals surface area contributed by atoms with Gasteiger partial charge in [-0.05, 0) is 56.5 Å². The van der Waals surface area contributed by atoms with Crippen molar-refractivity contribution >= 4 is 28.5 Å². The lowest BCUT2D eigenvalue weighted by atomic mass is 9.96. The molecule has 6 nitrogen and oxygen atoms in total. The van der Waals surface area contributed by atoms with Crippen LogP contribution in [0.15, 0.2) is 57.7 Å². The molecule has 2 amide bonds. The van der Waals surface area contributed by atoms with Crippen molar-refractivity contribution < 1.29 is 14.0 Å². The molecule has 1 N–H and O–H groups in total. The number of likely N-dealkylation sites (tertiary alicyclic amines) is 1. The number of nitrogens with one attached hydrogen (secondary N) is 1. The number of fused-ring (bicyclic) bond motifs is 1. The minimum atomic E-state index is -0.416. The maximum Gasteiger partial charge on any atom is 0.336 e. The maximum absolute atomic E-state index is 12.8. The Bertz CT molecular complexity index is 1160. The summed E-state index contributed by atoms with van der Waals surface area (Å²) in [6, 6.07) is 14.2. The summed E-state index contributed by atoms with van der Waals surface area (Å²) in [5.41, 5.74) is 3.17. The highest BCUT2D eigenvalue weighted by Crippen LogP contribution is 2.24. The van der Waals surface area contributed by atoms with E-state index in [0.29, 0.717) is 29.9 Å². The number of carbonyl (C=O) groups excluding carboxylic acids is 2. The molecule has 1 aliphatic heterocycles. The second kappa shape index (κ2) is 8.14. The quantitative estimate of drug-likeness (QED) is 0.672. The number of rotatable bonds is 3. The number of hydrogen-bond donors (Lipinski definition) is 1. The van der Waals surface area contributed by atoms with E-state index in [0.717, 1.165) is 29.4 Å². The number of amides is 2. The van der Waals surface area contributed by atoms with Crippen LogP contribution in [-0.4, -0.2) is 29.8 Å². The van der Waals surface area contributed by atoms with Gasteiger partial charge in [0.2, 0.25) is 5.91 Å². The first-order chi connectivity index (χ1) is 14.4. The Balaban J connectivity index is 1.47. The molecule has 1 saturated heterocycles. The molecule has 2 heterocycles. The summed E-state index contributed by atoms with van der Waals surface area (Å²) in [7, 11) is 0. The molecule has 1 fully saturated rings. The van der Waals surface area contributed by atoms with Gasteiger partial charge in [0.25, 0.3) is 5.91 Å². The molecule has 3 aromatic rings. The van der Waals surface area contributed by atoms with Crippen LogP contribution in [0.1, 0.15) is 34.3 Å². The molecule has 1 aromatic heterocycles. The van der Waals surface area contributed by atoms with Gasteiger partial charge in [0.1, 0.15) is 5.58 Å². The molecular weight excluding hydrogens is 380 g/mol. The summed E-state index contributed by atoms with van der Waals surface area (Å²) in [6.45, 7) is 4.87. The standard InChI is InChI=1S/C24H24N2O4/c1-15-5-7-17(8-6-15)24(29)26-11-3-4-18(14-26)23(28)25-19-9-10-20-16(2)12-22(27)30-21(20)13-19/h5-10,12-13,18H,3-4,11,14H2,1-2H3,(H,25,28). The third kappa shape index (κ3) is 4.13. The molecule has 30 heavy (non-hydrogen) atoms. The van der Waals surface area contributed by atoms with Gasteiger partial charge in [-0.2, -0.15) is 0 Å². The van der Waals surface area contributed by atoms with Crippen molar-refractivity contribution in [3.63, 3.8) is 0 Å². The lowest BCUT2D eigenvalue weighted by Crippen LogP contribution is -2.43. The maximum atomic E-state index is 12.8. The van der Waals surface area contributed by atoms with Gasteiger partial charge in [0.15, 0.2) is 0 Å². The third-order valence-electron chi connectivity index (χ3n) is 5.60. The van der Waals surface area contributed by atoms with E-state index >= 15 is 0 Å². The summed E-state index contributed by atoms with van der Waals surface area (Å²) in [5.74, 6) is -0.463. The summed E-state index contributed by atoms with van der Waals surface area (Å²) in [5, 5.41) is 3.74. The largest absolute Gasteiger partial charge is 0.423 e. The number of hydrogen-bond acceptors (Lipinski definition) is 4. The molecule has 154 valence electrons. The Labute approximate surface area is 174 Å². The van der Waals surface area contributed by atoms with Crippen LogP contribution in [-0.2, 0) is 4.79 Å². The number of carbonyl (C=O) groups is 2. The van der Waals surface area contributed by atoms with Gasteiger partial charge < -0.3 is 14.6 Å². The lowest BCUT2D eigenvalue weighted by molar-refractivity contribution is -0.121. The van der Waals surface area contributed by atoms with Gasteiger partial charge in [-0.15, -0.1) is 0 Å². The van der Waals surface area contributed by atoms with Crippen molar-refractivity contribution in [3.8, 4) is 0 Å². The number of piperidine rings is 1. The molecule has 0 saturated carbocycles. The van der Waals surface area contributed by atoms with Gasteiger partial charge in [-0.25, -0.2) is 4.79 Å². The molecule has 1 atom stereocenters. The zero-order valence-electron chi connectivity index (χ0n) is 17.1. The van der Waals surface area contributed by atoms with Crippen LogP contribution in [0, 0.1) is 19.8 Å². The van der Waals surface area contributed by atoms with Crippen LogP contribution in [0.5, 0.6) is 0 Å². The highest BCUT2D eigenvalue weighted by atomic mass is 16.4. The molecule has 6 heteroatoms. The summed E-state index contributed by atoms with van der Waals surface area (Å²) < 4.78 is 5.26. The zero-order chi connectivity index (χ0) is 21.3. The number of benzene rings is 2. The smallest absolute Gasteiger partial charge is 0.336 e. The Kier molecular flexibility index (Phi) is 5.40. The van der Waals surface area contributed by atoms with Crippen molar-refractivity contribution in [1.29, 1.82) is 0 Å². The van der Waals surface area contributed by atoms with Crippen LogP contribution in [0.25, 0.3) is 11.0 Å². The van der Waals surface area contributed by atoms with Crippen LogP contribution in [0.2, 0.25) is 0 Å². The highest BCUT2D eigenvalue weighted by Gasteiger charge is 2.29. The zero-order valence-corrected chi connectivity index (χ0v) is 17.1. The van der Waals surface area contributed by atoms with Gasteiger partial charge in [-0.1, -0.05) is 17.7 Å². The first-order valence-corrected chi connectivity index (χ1v) is 10.1. The lowest BCUT2D eigenvalue weighted by Gasteiger charge is -2.32. The second-order valence-corrected chi connectivity index (χ2v) is 7.90. The fourth-order valence-electron chi connectivity index (χ4n) is 3.90. The number of nitrogens with zero attached hydrogens (tertiary/aromatic N) is 1. The van der Waals surface area contributed by atoms with Crippen molar-refractivity contribution in [2.75, 3.05) is 18.4 Å². The van der Waals surface area contributed by atoms with E-state index in [-0.39, 0.29) is 17.7 Å². The molecule has 1 aliphatic rings. The van der Waals surface area contributed by atoms with Crippen LogP contribution in [0.3, 0.4) is 0 Å². The van der Waals surface area contributed by atoms with E-state index in [1.807, 2.05) is 44.2 Å². The van der Waals surface area contributed by atoms with E-state index in [1.54, 1.807) is 17.0 Å². The monoisotopic (exact) mass is 404 g/mol. The molecular formula is C24H24N2O4. The van der Waals surface area contributed by atoms with E-state index in [1.165, 1.54) is 6.07 Å². The first kappa shape index (κ1) is 19.9. The van der Waals surface area contributed by atoms with Gasteiger partial charge in [0, 0.05) is 41.9 Å². The minimum Gasteiger partial charge on any atom is -0.423 e. The highest BCUT2D eigenvalue weighted by molar-refractivity contribution is 5.97. The Morgan fingerprint density at radius 1 is 1.07 bits per heavy atom. The van der Waals surface area contributed by atoms with Gasteiger partial charge in [0.05, 0.1) is 5.92 Å². The molecule has 4 rings (SSSR count). The average Bonchev–Trinajstić information content (AvgIpc) is 2.73. The summed E-state index contributed by atoms with van der Waals surface area (Å²) in [4.78, 5) is 39.0. The fourth-order valence-corrected chi connectivity index (χ4v) is 3.90.